The molecule has 0 aliphatic rings. The second-order valence-corrected chi connectivity index (χ2v) is 4.87. The van der Waals surface area contributed by atoms with E-state index in [-0.39, 0.29) is 5.82 Å². The van der Waals surface area contributed by atoms with E-state index in [0.717, 1.165) is 25.8 Å². The fourth-order valence-corrected chi connectivity index (χ4v) is 2.09. The number of halogens is 2. The van der Waals surface area contributed by atoms with Crippen LogP contribution in [0.15, 0.2) is 22.7 Å². The number of rotatable bonds is 6. The van der Waals surface area contributed by atoms with E-state index < -0.39 is 0 Å². The van der Waals surface area contributed by atoms with E-state index >= 15 is 0 Å². The van der Waals surface area contributed by atoms with Crippen LogP contribution in [-0.2, 0) is 6.42 Å². The molecule has 0 spiro atoms. The number of hydrogen-bond acceptors (Lipinski definition) is 1. The Morgan fingerprint density at radius 3 is 2.69 bits per heavy atom. The summed E-state index contributed by atoms with van der Waals surface area (Å²) in [5.74, 6) is -0.196. The van der Waals surface area contributed by atoms with Crippen molar-refractivity contribution in [3.8, 4) is 0 Å². The summed E-state index contributed by atoms with van der Waals surface area (Å²) in [4.78, 5) is 0. The molecule has 3 heteroatoms. The van der Waals surface area contributed by atoms with Gasteiger partial charge in [-0.1, -0.05) is 19.9 Å². The molecule has 16 heavy (non-hydrogen) atoms. The maximum absolute atomic E-state index is 13.1. The Kier molecular flexibility index (Phi) is 5.99. The molecule has 1 rings (SSSR count). The predicted molar refractivity (Wildman–Crippen MR) is 70.2 cm³/mol. The predicted octanol–water partition coefficient (Wildman–Crippen LogP) is 3.91. The third kappa shape index (κ3) is 4.22. The van der Waals surface area contributed by atoms with Crippen LogP contribution >= 0.6 is 15.9 Å². The van der Waals surface area contributed by atoms with Gasteiger partial charge in [0.15, 0.2) is 0 Å². The summed E-state index contributed by atoms with van der Waals surface area (Å²) in [7, 11) is 0. The Morgan fingerprint density at radius 1 is 1.38 bits per heavy atom. The van der Waals surface area contributed by atoms with Crippen LogP contribution in [0.4, 0.5) is 4.39 Å². The van der Waals surface area contributed by atoms with Gasteiger partial charge in [0.1, 0.15) is 5.82 Å². The van der Waals surface area contributed by atoms with Gasteiger partial charge in [-0.15, -0.1) is 0 Å². The van der Waals surface area contributed by atoms with Crippen molar-refractivity contribution in [1.29, 1.82) is 0 Å². The molecule has 0 radical (unpaired) electrons. The summed E-state index contributed by atoms with van der Waals surface area (Å²) in [6, 6.07) is 5.73. The van der Waals surface area contributed by atoms with Crippen LogP contribution in [0.1, 0.15) is 32.3 Å². The highest BCUT2D eigenvalue weighted by Crippen LogP contribution is 2.18. The monoisotopic (exact) mass is 287 g/mol. The van der Waals surface area contributed by atoms with Gasteiger partial charge >= 0.3 is 0 Å². The highest BCUT2D eigenvalue weighted by molar-refractivity contribution is 9.10. The van der Waals surface area contributed by atoms with Crippen LogP contribution in [0.3, 0.4) is 0 Å². The fraction of sp³-hybridized carbons (Fsp3) is 0.538. The first kappa shape index (κ1) is 13.7. The van der Waals surface area contributed by atoms with Gasteiger partial charge in [-0.05, 0) is 59.4 Å². The van der Waals surface area contributed by atoms with Crippen LogP contribution in [-0.4, -0.2) is 12.6 Å². The Hall–Kier alpha value is -0.410. The average molecular weight is 288 g/mol. The van der Waals surface area contributed by atoms with Crippen molar-refractivity contribution in [3.05, 3.63) is 34.1 Å². The summed E-state index contributed by atoms with van der Waals surface area (Å²) >= 11 is 3.22. The summed E-state index contributed by atoms with van der Waals surface area (Å²) < 4.78 is 13.6. The van der Waals surface area contributed by atoms with Crippen molar-refractivity contribution in [2.24, 2.45) is 0 Å². The lowest BCUT2D eigenvalue weighted by molar-refractivity contribution is 0.494. The first-order valence-corrected chi connectivity index (χ1v) is 6.64. The van der Waals surface area contributed by atoms with Gasteiger partial charge in [0, 0.05) is 6.04 Å². The van der Waals surface area contributed by atoms with Crippen LogP contribution in [0, 0.1) is 5.82 Å². The highest BCUT2D eigenvalue weighted by Gasteiger charge is 2.07. The van der Waals surface area contributed by atoms with Gasteiger partial charge in [-0.3, -0.25) is 0 Å². The molecule has 0 aliphatic carbocycles. The molecule has 0 aromatic heterocycles. The van der Waals surface area contributed by atoms with Crippen molar-refractivity contribution in [2.45, 2.75) is 39.2 Å². The van der Waals surface area contributed by atoms with E-state index in [1.165, 1.54) is 11.6 Å². The maximum Gasteiger partial charge on any atom is 0.137 e. The van der Waals surface area contributed by atoms with Crippen LogP contribution in [0.25, 0.3) is 0 Å². The lowest BCUT2D eigenvalue weighted by atomic mass is 10.0. The SMILES string of the molecule is CCCNC(CC)Cc1ccc(F)c(Br)c1. The summed E-state index contributed by atoms with van der Waals surface area (Å²) in [5, 5.41) is 3.49. The van der Waals surface area contributed by atoms with Gasteiger partial charge in [-0.25, -0.2) is 4.39 Å². The number of benzene rings is 1. The lowest BCUT2D eigenvalue weighted by Gasteiger charge is -2.16. The minimum Gasteiger partial charge on any atom is -0.314 e. The molecule has 1 N–H and O–H groups in total. The van der Waals surface area contributed by atoms with E-state index in [2.05, 4.69) is 35.1 Å². The van der Waals surface area contributed by atoms with E-state index in [4.69, 9.17) is 0 Å². The molecule has 0 heterocycles. The molecule has 0 amide bonds. The molecule has 0 saturated carbocycles. The summed E-state index contributed by atoms with van der Waals surface area (Å²) in [6.07, 6.45) is 3.19. The van der Waals surface area contributed by atoms with Gasteiger partial charge in [-0.2, -0.15) is 0 Å². The van der Waals surface area contributed by atoms with E-state index in [0.29, 0.717) is 10.5 Å². The van der Waals surface area contributed by atoms with Crippen molar-refractivity contribution in [3.63, 3.8) is 0 Å². The van der Waals surface area contributed by atoms with E-state index in [1.54, 1.807) is 0 Å². The minimum absolute atomic E-state index is 0.196. The van der Waals surface area contributed by atoms with Crippen molar-refractivity contribution in [2.75, 3.05) is 6.54 Å². The van der Waals surface area contributed by atoms with Crippen LogP contribution in [0.5, 0.6) is 0 Å². The standard InChI is InChI=1S/C13H19BrFN/c1-3-7-16-11(4-2)8-10-5-6-13(15)12(14)9-10/h5-6,9,11,16H,3-4,7-8H2,1-2H3. The molecule has 1 nitrogen and oxygen atoms in total. The van der Waals surface area contributed by atoms with Gasteiger partial charge in [0.05, 0.1) is 4.47 Å². The summed E-state index contributed by atoms with van der Waals surface area (Å²) in [5.41, 5.74) is 1.17. The molecule has 1 atom stereocenters. The van der Waals surface area contributed by atoms with Gasteiger partial charge < -0.3 is 5.32 Å². The largest absolute Gasteiger partial charge is 0.314 e. The molecular weight excluding hydrogens is 269 g/mol. The number of hydrogen-bond donors (Lipinski definition) is 1. The second-order valence-electron chi connectivity index (χ2n) is 4.01. The van der Waals surface area contributed by atoms with Crippen molar-refractivity contribution in [1.82, 2.24) is 5.32 Å². The smallest absolute Gasteiger partial charge is 0.137 e. The lowest BCUT2D eigenvalue weighted by Crippen LogP contribution is -2.31. The Labute approximate surface area is 106 Å². The average Bonchev–Trinajstić information content (AvgIpc) is 2.29. The van der Waals surface area contributed by atoms with Gasteiger partial charge in [0.2, 0.25) is 0 Å². The summed E-state index contributed by atoms with van der Waals surface area (Å²) in [6.45, 7) is 5.38. The molecule has 1 aromatic carbocycles. The third-order valence-corrected chi connectivity index (χ3v) is 3.25. The molecule has 0 aliphatic heterocycles. The fourth-order valence-electron chi connectivity index (χ4n) is 1.66. The van der Waals surface area contributed by atoms with Crippen LogP contribution in [0.2, 0.25) is 0 Å². The molecule has 90 valence electrons. The normalized spacial score (nSPS) is 12.8. The minimum atomic E-state index is -0.196. The maximum atomic E-state index is 13.1. The molecule has 1 unspecified atom stereocenters. The van der Waals surface area contributed by atoms with Crippen molar-refractivity contribution < 1.29 is 4.39 Å². The number of nitrogens with one attached hydrogen (secondary N) is 1. The Morgan fingerprint density at radius 2 is 2.12 bits per heavy atom. The first-order valence-electron chi connectivity index (χ1n) is 5.84. The Bertz CT molecular complexity index is 328. The Balaban J connectivity index is 2.59. The third-order valence-electron chi connectivity index (χ3n) is 2.64. The quantitative estimate of drug-likeness (QED) is 0.837. The highest BCUT2D eigenvalue weighted by atomic mass is 79.9. The van der Waals surface area contributed by atoms with E-state index in [1.807, 2.05) is 12.1 Å². The zero-order chi connectivity index (χ0) is 12.0. The zero-order valence-corrected chi connectivity index (χ0v) is 11.5. The molecule has 1 aromatic rings. The van der Waals surface area contributed by atoms with Gasteiger partial charge in [0.25, 0.3) is 0 Å². The van der Waals surface area contributed by atoms with Crippen molar-refractivity contribution >= 4 is 15.9 Å². The zero-order valence-electron chi connectivity index (χ0n) is 9.89. The molecule has 0 fully saturated rings. The van der Waals surface area contributed by atoms with E-state index in [9.17, 15) is 4.39 Å². The molecule has 0 saturated heterocycles. The molecule has 0 bridgehead atoms. The second kappa shape index (κ2) is 7.02. The first-order chi connectivity index (χ1) is 7.67. The van der Waals surface area contributed by atoms with Crippen LogP contribution < -0.4 is 5.32 Å². The topological polar surface area (TPSA) is 12.0 Å². The molecular formula is C13H19BrFN.